The Hall–Kier alpha value is -0.610. The number of nitrogens with one attached hydrogen (secondary N) is 1. The molecule has 0 bridgehead atoms. The summed E-state index contributed by atoms with van der Waals surface area (Å²) in [5.41, 5.74) is 0. The van der Waals surface area contributed by atoms with Crippen molar-refractivity contribution in [3.8, 4) is 0 Å². The molecule has 92 valence electrons. The average molecular weight is 226 g/mol. The summed E-state index contributed by atoms with van der Waals surface area (Å²) in [5.74, 6) is -0.0195. The molecule has 0 aromatic carbocycles. The molecule has 0 aromatic rings. The highest BCUT2D eigenvalue weighted by molar-refractivity contribution is 5.70. The fourth-order valence-electron chi connectivity index (χ4n) is 2.47. The van der Waals surface area contributed by atoms with E-state index in [4.69, 9.17) is 4.74 Å². The lowest BCUT2D eigenvalue weighted by atomic mass is 10.1. The molecule has 2 rings (SSSR count). The number of hydrogen-bond acceptors (Lipinski definition) is 4. The second-order valence-electron chi connectivity index (χ2n) is 4.99. The summed E-state index contributed by atoms with van der Waals surface area (Å²) >= 11 is 0. The molecule has 2 saturated heterocycles. The maximum atomic E-state index is 11.7. The van der Waals surface area contributed by atoms with E-state index in [1.165, 1.54) is 6.42 Å². The SMILES string of the molecule is CN1CCC(OC(=O)CC2CCCN2)CC1. The van der Waals surface area contributed by atoms with Gasteiger partial charge in [0.15, 0.2) is 0 Å². The van der Waals surface area contributed by atoms with E-state index < -0.39 is 0 Å². The molecule has 0 spiro atoms. The monoisotopic (exact) mass is 226 g/mol. The van der Waals surface area contributed by atoms with Crippen molar-refractivity contribution in [1.82, 2.24) is 10.2 Å². The highest BCUT2D eigenvalue weighted by Gasteiger charge is 2.23. The van der Waals surface area contributed by atoms with Crippen molar-refractivity contribution in [3.05, 3.63) is 0 Å². The van der Waals surface area contributed by atoms with Crippen molar-refractivity contribution in [2.75, 3.05) is 26.7 Å². The van der Waals surface area contributed by atoms with E-state index in [-0.39, 0.29) is 12.1 Å². The largest absolute Gasteiger partial charge is 0.462 e. The Kier molecular flexibility index (Phi) is 4.18. The summed E-state index contributed by atoms with van der Waals surface area (Å²) in [7, 11) is 2.11. The lowest BCUT2D eigenvalue weighted by Crippen LogP contribution is -2.36. The zero-order valence-corrected chi connectivity index (χ0v) is 10.1. The van der Waals surface area contributed by atoms with Gasteiger partial charge in [0.2, 0.25) is 0 Å². The maximum absolute atomic E-state index is 11.7. The number of rotatable bonds is 3. The lowest BCUT2D eigenvalue weighted by Gasteiger charge is -2.28. The minimum Gasteiger partial charge on any atom is -0.462 e. The molecule has 2 aliphatic rings. The quantitative estimate of drug-likeness (QED) is 0.722. The highest BCUT2D eigenvalue weighted by atomic mass is 16.5. The predicted molar refractivity (Wildman–Crippen MR) is 62.3 cm³/mol. The molecular weight excluding hydrogens is 204 g/mol. The Bertz CT molecular complexity index is 231. The van der Waals surface area contributed by atoms with Crippen LogP contribution in [0.2, 0.25) is 0 Å². The van der Waals surface area contributed by atoms with Crippen LogP contribution >= 0.6 is 0 Å². The van der Waals surface area contributed by atoms with Gasteiger partial charge in [0, 0.05) is 19.1 Å². The molecule has 0 amide bonds. The van der Waals surface area contributed by atoms with E-state index in [0.29, 0.717) is 12.5 Å². The summed E-state index contributed by atoms with van der Waals surface area (Å²) in [6, 6.07) is 0.360. The molecule has 16 heavy (non-hydrogen) atoms. The normalized spacial score (nSPS) is 28.2. The van der Waals surface area contributed by atoms with Crippen LogP contribution in [-0.4, -0.2) is 49.7 Å². The Balaban J connectivity index is 1.66. The van der Waals surface area contributed by atoms with Crippen molar-refractivity contribution < 1.29 is 9.53 Å². The topological polar surface area (TPSA) is 41.6 Å². The van der Waals surface area contributed by atoms with Crippen LogP contribution in [0.3, 0.4) is 0 Å². The van der Waals surface area contributed by atoms with Crippen LogP contribution < -0.4 is 5.32 Å². The number of piperidine rings is 1. The van der Waals surface area contributed by atoms with Crippen LogP contribution in [0.1, 0.15) is 32.1 Å². The van der Waals surface area contributed by atoms with Crippen LogP contribution in [0.4, 0.5) is 0 Å². The molecule has 1 unspecified atom stereocenters. The third-order valence-electron chi connectivity index (χ3n) is 3.54. The third kappa shape index (κ3) is 3.46. The molecule has 0 saturated carbocycles. The molecule has 0 aromatic heterocycles. The molecule has 4 heteroatoms. The van der Waals surface area contributed by atoms with Crippen LogP contribution in [0.15, 0.2) is 0 Å². The van der Waals surface area contributed by atoms with Crippen molar-refractivity contribution in [2.24, 2.45) is 0 Å². The molecule has 1 atom stereocenters. The van der Waals surface area contributed by atoms with Gasteiger partial charge in [-0.3, -0.25) is 4.79 Å². The van der Waals surface area contributed by atoms with Gasteiger partial charge in [-0.05, 0) is 39.3 Å². The van der Waals surface area contributed by atoms with Gasteiger partial charge in [-0.2, -0.15) is 0 Å². The van der Waals surface area contributed by atoms with Gasteiger partial charge in [-0.1, -0.05) is 0 Å². The number of nitrogens with zero attached hydrogens (tertiary/aromatic N) is 1. The van der Waals surface area contributed by atoms with E-state index in [1.54, 1.807) is 0 Å². The second-order valence-corrected chi connectivity index (χ2v) is 4.99. The number of carbonyl (C=O) groups excluding carboxylic acids is 1. The summed E-state index contributed by atoms with van der Waals surface area (Å²) in [4.78, 5) is 14.0. The Morgan fingerprint density at radius 3 is 2.75 bits per heavy atom. The van der Waals surface area contributed by atoms with Crippen LogP contribution in [0, 0.1) is 0 Å². The Morgan fingerprint density at radius 1 is 1.38 bits per heavy atom. The minimum atomic E-state index is -0.0195. The van der Waals surface area contributed by atoms with E-state index in [0.717, 1.165) is 38.9 Å². The first-order valence-corrected chi connectivity index (χ1v) is 6.35. The highest BCUT2D eigenvalue weighted by Crippen LogP contribution is 2.15. The van der Waals surface area contributed by atoms with Crippen molar-refractivity contribution >= 4 is 5.97 Å². The number of hydrogen-bond donors (Lipinski definition) is 1. The average Bonchev–Trinajstić information content (AvgIpc) is 2.74. The predicted octanol–water partition coefficient (Wildman–Crippen LogP) is 0.766. The first-order valence-electron chi connectivity index (χ1n) is 6.35. The number of likely N-dealkylation sites (tertiary alicyclic amines) is 1. The second kappa shape index (κ2) is 5.64. The van der Waals surface area contributed by atoms with Gasteiger partial charge < -0.3 is 15.0 Å². The molecule has 0 radical (unpaired) electrons. The fraction of sp³-hybridized carbons (Fsp3) is 0.917. The Labute approximate surface area is 97.3 Å². The first kappa shape index (κ1) is 11.9. The summed E-state index contributed by atoms with van der Waals surface area (Å²) in [6.45, 7) is 3.13. The summed E-state index contributed by atoms with van der Waals surface area (Å²) < 4.78 is 5.50. The Morgan fingerprint density at radius 2 is 2.12 bits per heavy atom. The number of esters is 1. The van der Waals surface area contributed by atoms with E-state index >= 15 is 0 Å². The van der Waals surface area contributed by atoms with Gasteiger partial charge >= 0.3 is 5.97 Å². The van der Waals surface area contributed by atoms with Crippen molar-refractivity contribution in [3.63, 3.8) is 0 Å². The molecule has 0 aliphatic carbocycles. The minimum absolute atomic E-state index is 0.0195. The molecule has 1 N–H and O–H groups in total. The van der Waals surface area contributed by atoms with Gasteiger partial charge in [0.1, 0.15) is 6.10 Å². The fourth-order valence-corrected chi connectivity index (χ4v) is 2.47. The number of ether oxygens (including phenoxy) is 1. The van der Waals surface area contributed by atoms with Gasteiger partial charge in [0.05, 0.1) is 6.42 Å². The van der Waals surface area contributed by atoms with Crippen molar-refractivity contribution in [2.45, 2.75) is 44.2 Å². The van der Waals surface area contributed by atoms with Gasteiger partial charge in [-0.25, -0.2) is 0 Å². The molecule has 2 heterocycles. The van der Waals surface area contributed by atoms with E-state index in [1.807, 2.05) is 0 Å². The van der Waals surface area contributed by atoms with Crippen LogP contribution in [0.5, 0.6) is 0 Å². The maximum Gasteiger partial charge on any atom is 0.307 e. The molecule has 4 nitrogen and oxygen atoms in total. The molecular formula is C12H22N2O2. The number of carbonyl (C=O) groups is 1. The van der Waals surface area contributed by atoms with Crippen molar-refractivity contribution in [1.29, 1.82) is 0 Å². The zero-order chi connectivity index (χ0) is 11.4. The lowest BCUT2D eigenvalue weighted by molar-refractivity contribution is -0.151. The standard InChI is InChI=1S/C12H22N2O2/c1-14-7-4-11(5-8-14)16-12(15)9-10-3-2-6-13-10/h10-11,13H,2-9H2,1H3. The van der Waals surface area contributed by atoms with Gasteiger partial charge in [-0.15, -0.1) is 0 Å². The van der Waals surface area contributed by atoms with Gasteiger partial charge in [0.25, 0.3) is 0 Å². The summed E-state index contributed by atoms with van der Waals surface area (Å²) in [5, 5.41) is 3.32. The smallest absolute Gasteiger partial charge is 0.307 e. The first-order chi connectivity index (χ1) is 7.74. The zero-order valence-electron chi connectivity index (χ0n) is 10.1. The van der Waals surface area contributed by atoms with Crippen LogP contribution in [-0.2, 0) is 9.53 Å². The molecule has 2 aliphatic heterocycles. The van der Waals surface area contributed by atoms with E-state index in [9.17, 15) is 4.79 Å². The summed E-state index contributed by atoms with van der Waals surface area (Å²) in [6.07, 6.45) is 4.98. The van der Waals surface area contributed by atoms with E-state index in [2.05, 4.69) is 17.3 Å². The van der Waals surface area contributed by atoms with Crippen LogP contribution in [0.25, 0.3) is 0 Å². The third-order valence-corrected chi connectivity index (χ3v) is 3.54. The molecule has 2 fully saturated rings.